The van der Waals surface area contributed by atoms with Gasteiger partial charge in [-0.2, -0.15) is 0 Å². The van der Waals surface area contributed by atoms with Crippen LogP contribution in [0.2, 0.25) is 10.0 Å². The lowest BCUT2D eigenvalue weighted by Gasteiger charge is -2.17. The Morgan fingerprint density at radius 3 is 2.57 bits per heavy atom. The molecule has 0 radical (unpaired) electrons. The first-order valence-electron chi connectivity index (χ1n) is 7.15. The topological polar surface area (TPSA) is 59.1 Å². The second-order valence-corrected chi connectivity index (χ2v) is 6.50. The van der Waals surface area contributed by atoms with E-state index in [4.69, 9.17) is 32.7 Å². The number of ether oxygens (including phenoxy) is 2. The number of halogens is 2. The summed E-state index contributed by atoms with van der Waals surface area (Å²) in [4.78, 5) is 25.8. The average molecular weight is 356 g/mol. The van der Waals surface area contributed by atoms with Crippen LogP contribution < -0.4 is 9.64 Å². The molecule has 0 spiro atoms. The quantitative estimate of drug-likeness (QED) is 0.472. The number of epoxide rings is 1. The molecule has 122 valence electrons. The predicted molar refractivity (Wildman–Crippen MR) is 87.2 cm³/mol. The largest absolute Gasteiger partial charge is 0.489 e. The molecule has 5 nitrogen and oxygen atoms in total. The number of imide groups is 1. The fourth-order valence-electron chi connectivity index (χ4n) is 2.34. The van der Waals surface area contributed by atoms with E-state index in [1.165, 1.54) is 12.1 Å². The molecule has 0 saturated carbocycles. The van der Waals surface area contributed by atoms with Gasteiger partial charge in [-0.3, -0.25) is 9.59 Å². The standard InChI is InChI=1S/C16H15Cl2NO4/c1-8(2)10-3-15(20)19(16(10)21)13-5-14(12(18)4-11(13)17)23-7-9-6-22-9/h4-5,9H,3,6-7H2,1-2H3. The lowest BCUT2D eigenvalue weighted by atomic mass is 10.1. The van der Waals surface area contributed by atoms with Gasteiger partial charge in [0.05, 0.1) is 28.8 Å². The molecule has 2 saturated heterocycles. The molecule has 0 aliphatic carbocycles. The van der Waals surface area contributed by atoms with Crippen molar-refractivity contribution in [3.05, 3.63) is 33.3 Å². The number of rotatable bonds is 4. The Bertz CT molecular complexity index is 721. The van der Waals surface area contributed by atoms with Crippen molar-refractivity contribution >= 4 is 40.7 Å². The number of amides is 2. The van der Waals surface area contributed by atoms with E-state index in [-0.39, 0.29) is 35.0 Å². The van der Waals surface area contributed by atoms with Crippen LogP contribution in [0.3, 0.4) is 0 Å². The van der Waals surface area contributed by atoms with Crippen LogP contribution in [-0.4, -0.2) is 31.1 Å². The molecule has 3 rings (SSSR count). The molecule has 2 heterocycles. The molecule has 1 unspecified atom stereocenters. The number of carbonyl (C=O) groups is 2. The molecule has 7 heteroatoms. The van der Waals surface area contributed by atoms with Crippen molar-refractivity contribution in [3.8, 4) is 5.75 Å². The second-order valence-electron chi connectivity index (χ2n) is 5.69. The minimum Gasteiger partial charge on any atom is -0.489 e. The fourth-order valence-corrected chi connectivity index (χ4v) is 2.86. The van der Waals surface area contributed by atoms with Crippen LogP contribution in [0.1, 0.15) is 20.3 Å². The van der Waals surface area contributed by atoms with Crippen molar-refractivity contribution in [1.82, 2.24) is 0 Å². The predicted octanol–water partition coefficient (Wildman–Crippen LogP) is 3.37. The van der Waals surface area contributed by atoms with Crippen molar-refractivity contribution in [2.75, 3.05) is 18.1 Å². The van der Waals surface area contributed by atoms with Gasteiger partial charge in [-0.1, -0.05) is 28.8 Å². The summed E-state index contributed by atoms with van der Waals surface area (Å²) in [5, 5.41) is 0.544. The van der Waals surface area contributed by atoms with E-state index in [9.17, 15) is 9.59 Å². The Kier molecular flexibility index (Phi) is 4.36. The maximum atomic E-state index is 12.5. The monoisotopic (exact) mass is 355 g/mol. The van der Waals surface area contributed by atoms with Crippen LogP contribution in [0.25, 0.3) is 0 Å². The smallest absolute Gasteiger partial charge is 0.261 e. The Labute approximate surface area is 143 Å². The first-order valence-corrected chi connectivity index (χ1v) is 7.91. The molecule has 2 amide bonds. The first kappa shape index (κ1) is 16.3. The fraction of sp³-hybridized carbons (Fsp3) is 0.375. The van der Waals surface area contributed by atoms with Gasteiger partial charge < -0.3 is 9.47 Å². The summed E-state index contributed by atoms with van der Waals surface area (Å²) in [7, 11) is 0. The minimum absolute atomic E-state index is 0.0672. The van der Waals surface area contributed by atoms with Crippen molar-refractivity contribution in [3.63, 3.8) is 0 Å². The lowest BCUT2D eigenvalue weighted by molar-refractivity contribution is -0.120. The number of hydrogen-bond donors (Lipinski definition) is 0. The molecule has 1 aromatic carbocycles. The molecule has 1 atom stereocenters. The second kappa shape index (κ2) is 6.15. The van der Waals surface area contributed by atoms with E-state index < -0.39 is 0 Å². The number of benzene rings is 1. The zero-order valence-corrected chi connectivity index (χ0v) is 14.2. The van der Waals surface area contributed by atoms with Gasteiger partial charge in [-0.15, -0.1) is 0 Å². The van der Waals surface area contributed by atoms with Crippen molar-refractivity contribution in [1.29, 1.82) is 0 Å². The summed E-state index contributed by atoms with van der Waals surface area (Å²) in [5.74, 6) is -0.296. The van der Waals surface area contributed by atoms with Crippen LogP contribution in [0, 0.1) is 0 Å². The van der Waals surface area contributed by atoms with Gasteiger partial charge in [0.2, 0.25) is 5.91 Å². The number of nitrogens with zero attached hydrogens (tertiary/aromatic N) is 1. The molecule has 0 bridgehead atoms. The normalized spacial score (nSPS) is 20.3. The summed E-state index contributed by atoms with van der Waals surface area (Å²) in [5.41, 5.74) is 1.60. The minimum atomic E-state index is -0.351. The van der Waals surface area contributed by atoms with Gasteiger partial charge in [0.15, 0.2) is 0 Å². The third-order valence-electron chi connectivity index (χ3n) is 3.71. The van der Waals surface area contributed by atoms with Gasteiger partial charge >= 0.3 is 0 Å². The van der Waals surface area contributed by atoms with Gasteiger partial charge in [0.1, 0.15) is 18.5 Å². The van der Waals surface area contributed by atoms with Crippen molar-refractivity contribution < 1.29 is 19.1 Å². The summed E-state index contributed by atoms with van der Waals surface area (Å²) in [6.07, 6.45) is 0.143. The number of anilines is 1. The van der Waals surface area contributed by atoms with Gasteiger partial charge in [-0.25, -0.2) is 4.90 Å². The third-order valence-corrected chi connectivity index (χ3v) is 4.31. The number of hydrogen-bond acceptors (Lipinski definition) is 4. The number of carbonyl (C=O) groups excluding carboxylic acids is 2. The Morgan fingerprint density at radius 2 is 2.00 bits per heavy atom. The highest BCUT2D eigenvalue weighted by molar-refractivity contribution is 6.39. The van der Waals surface area contributed by atoms with Crippen molar-refractivity contribution in [2.45, 2.75) is 26.4 Å². The van der Waals surface area contributed by atoms with E-state index >= 15 is 0 Å². The highest BCUT2D eigenvalue weighted by Gasteiger charge is 2.37. The molecule has 0 aromatic heterocycles. The van der Waals surface area contributed by atoms with E-state index in [0.717, 1.165) is 10.5 Å². The SMILES string of the molecule is CC(C)=C1CC(=O)N(c2cc(OCC3CO3)c(Cl)cc2Cl)C1=O. The van der Waals surface area contributed by atoms with Crippen LogP contribution in [0.15, 0.2) is 23.3 Å². The molecular formula is C16H15Cl2NO4. The highest BCUT2D eigenvalue weighted by atomic mass is 35.5. The van der Waals surface area contributed by atoms with Gasteiger partial charge in [0, 0.05) is 11.6 Å². The zero-order valence-electron chi connectivity index (χ0n) is 12.7. The van der Waals surface area contributed by atoms with E-state index in [1.54, 1.807) is 13.8 Å². The van der Waals surface area contributed by atoms with Crippen molar-refractivity contribution in [2.24, 2.45) is 0 Å². The van der Waals surface area contributed by atoms with Crippen LogP contribution in [0.5, 0.6) is 5.75 Å². The van der Waals surface area contributed by atoms with Gasteiger partial charge in [0.25, 0.3) is 5.91 Å². The summed E-state index contributed by atoms with van der Waals surface area (Å²) in [6, 6.07) is 3.00. The van der Waals surface area contributed by atoms with E-state index in [2.05, 4.69) is 0 Å². The highest BCUT2D eigenvalue weighted by Crippen LogP contribution is 2.39. The lowest BCUT2D eigenvalue weighted by Crippen LogP contribution is -2.29. The van der Waals surface area contributed by atoms with E-state index in [0.29, 0.717) is 29.6 Å². The number of allylic oxidation sites excluding steroid dienone is 1. The van der Waals surface area contributed by atoms with Crippen LogP contribution >= 0.6 is 23.2 Å². The molecule has 0 N–H and O–H groups in total. The summed E-state index contributed by atoms with van der Waals surface area (Å²) in [6.45, 7) is 4.63. The molecular weight excluding hydrogens is 341 g/mol. The van der Waals surface area contributed by atoms with E-state index in [1.807, 2.05) is 0 Å². The summed E-state index contributed by atoms with van der Waals surface area (Å²) < 4.78 is 10.7. The van der Waals surface area contributed by atoms with Crippen LogP contribution in [0.4, 0.5) is 5.69 Å². The van der Waals surface area contributed by atoms with Gasteiger partial charge in [-0.05, 0) is 19.9 Å². The van der Waals surface area contributed by atoms with Crippen LogP contribution in [-0.2, 0) is 14.3 Å². The molecule has 1 aromatic rings. The average Bonchev–Trinajstić information content (AvgIpc) is 3.25. The Hall–Kier alpha value is -1.56. The third kappa shape index (κ3) is 3.22. The maximum absolute atomic E-state index is 12.5. The Morgan fingerprint density at radius 1 is 1.30 bits per heavy atom. The Balaban J connectivity index is 1.95. The summed E-state index contributed by atoms with van der Waals surface area (Å²) >= 11 is 12.3. The molecule has 2 aliphatic heterocycles. The molecule has 2 fully saturated rings. The first-order chi connectivity index (χ1) is 10.9. The molecule has 23 heavy (non-hydrogen) atoms. The molecule has 2 aliphatic rings. The maximum Gasteiger partial charge on any atom is 0.261 e. The zero-order chi connectivity index (χ0) is 16.7.